The predicted octanol–water partition coefficient (Wildman–Crippen LogP) is 3.89. The highest BCUT2D eigenvalue weighted by molar-refractivity contribution is 7.89. The monoisotopic (exact) mass is 363 g/mol. The number of benzene rings is 1. The minimum Gasteiger partial charge on any atom is -0.493 e. The van der Waals surface area contributed by atoms with E-state index in [0.29, 0.717) is 17.4 Å². The van der Waals surface area contributed by atoms with Crippen LogP contribution in [0.25, 0.3) is 0 Å². The molecule has 6 heteroatoms. The van der Waals surface area contributed by atoms with E-state index >= 15 is 0 Å². The van der Waals surface area contributed by atoms with Crippen molar-refractivity contribution < 1.29 is 13.2 Å². The Morgan fingerprint density at radius 1 is 1.21 bits per heavy atom. The van der Waals surface area contributed by atoms with Crippen LogP contribution >= 0.6 is 11.3 Å². The van der Waals surface area contributed by atoms with Crippen molar-refractivity contribution in [3.8, 4) is 5.75 Å². The normalized spacial score (nSPS) is 19.2. The molecule has 1 atom stereocenters. The van der Waals surface area contributed by atoms with Gasteiger partial charge in [0.05, 0.1) is 17.5 Å². The zero-order chi connectivity index (χ0) is 16.6. The topological polar surface area (TPSA) is 55.4 Å². The van der Waals surface area contributed by atoms with Crippen molar-refractivity contribution in [1.29, 1.82) is 0 Å². The molecule has 1 saturated carbocycles. The third-order valence-electron chi connectivity index (χ3n) is 4.97. The maximum atomic E-state index is 12.9. The van der Waals surface area contributed by atoms with Gasteiger partial charge in [-0.1, -0.05) is 18.9 Å². The second-order valence-corrected chi connectivity index (χ2v) is 9.22. The quantitative estimate of drug-likeness (QED) is 0.877. The number of hydrogen-bond acceptors (Lipinski definition) is 4. The van der Waals surface area contributed by atoms with Crippen LogP contribution in [0.5, 0.6) is 5.75 Å². The van der Waals surface area contributed by atoms with E-state index in [2.05, 4.69) is 4.72 Å². The Labute approximate surface area is 146 Å². The van der Waals surface area contributed by atoms with Crippen molar-refractivity contribution in [3.05, 3.63) is 46.2 Å². The third-order valence-corrected chi connectivity index (χ3v) is 7.37. The van der Waals surface area contributed by atoms with E-state index in [1.54, 1.807) is 29.5 Å². The van der Waals surface area contributed by atoms with E-state index in [1.165, 1.54) is 12.8 Å². The van der Waals surface area contributed by atoms with Crippen LogP contribution in [0.4, 0.5) is 0 Å². The summed E-state index contributed by atoms with van der Waals surface area (Å²) in [6, 6.07) is 9.07. The summed E-state index contributed by atoms with van der Waals surface area (Å²) < 4.78 is 34.4. The van der Waals surface area contributed by atoms with Crippen LogP contribution in [-0.4, -0.2) is 15.0 Å². The van der Waals surface area contributed by atoms with Gasteiger partial charge in [0.25, 0.3) is 0 Å². The van der Waals surface area contributed by atoms with Crippen molar-refractivity contribution in [2.45, 2.75) is 43.0 Å². The maximum Gasteiger partial charge on any atom is 0.241 e. The van der Waals surface area contributed by atoms with Crippen molar-refractivity contribution in [1.82, 2.24) is 4.72 Å². The Bertz CT molecular complexity index is 809. The van der Waals surface area contributed by atoms with Crippen molar-refractivity contribution in [2.24, 2.45) is 5.92 Å². The lowest BCUT2D eigenvalue weighted by molar-refractivity contribution is 0.356. The van der Waals surface area contributed by atoms with Crippen LogP contribution in [0.15, 0.2) is 40.6 Å². The predicted molar refractivity (Wildman–Crippen MR) is 95.0 cm³/mol. The van der Waals surface area contributed by atoms with Crippen molar-refractivity contribution in [2.75, 3.05) is 6.61 Å². The lowest BCUT2D eigenvalue weighted by Gasteiger charge is -2.23. The number of nitrogens with one attached hydrogen (secondary N) is 1. The van der Waals surface area contributed by atoms with E-state index in [9.17, 15) is 8.42 Å². The van der Waals surface area contributed by atoms with Gasteiger partial charge < -0.3 is 4.74 Å². The summed E-state index contributed by atoms with van der Waals surface area (Å²) >= 11 is 1.63. The molecule has 1 aromatic heterocycles. The van der Waals surface area contributed by atoms with Crippen LogP contribution in [0.2, 0.25) is 0 Å². The summed E-state index contributed by atoms with van der Waals surface area (Å²) in [4.78, 5) is 1.45. The molecule has 1 N–H and O–H groups in total. The zero-order valence-corrected chi connectivity index (χ0v) is 15.0. The summed E-state index contributed by atoms with van der Waals surface area (Å²) in [6.45, 7) is 0.631. The summed E-state index contributed by atoms with van der Waals surface area (Å²) in [7, 11) is -3.54. The Morgan fingerprint density at radius 2 is 2.04 bits per heavy atom. The molecule has 4 rings (SSSR count). The fraction of sp³-hybridized carbons (Fsp3) is 0.444. The van der Waals surface area contributed by atoms with Gasteiger partial charge in [0, 0.05) is 11.3 Å². The fourth-order valence-corrected chi connectivity index (χ4v) is 5.99. The van der Waals surface area contributed by atoms with E-state index in [-0.39, 0.29) is 6.04 Å². The van der Waals surface area contributed by atoms with Crippen LogP contribution in [0, 0.1) is 5.92 Å². The van der Waals surface area contributed by atoms with E-state index < -0.39 is 10.0 Å². The highest BCUT2D eigenvalue weighted by Crippen LogP contribution is 2.38. The number of sulfonamides is 1. The number of rotatable bonds is 5. The van der Waals surface area contributed by atoms with Crippen LogP contribution < -0.4 is 9.46 Å². The molecule has 2 aromatic rings. The van der Waals surface area contributed by atoms with Crippen molar-refractivity contribution in [3.63, 3.8) is 0 Å². The Hall–Kier alpha value is -1.37. The molecule has 2 aliphatic rings. The molecule has 1 fully saturated rings. The van der Waals surface area contributed by atoms with E-state index in [4.69, 9.17) is 4.74 Å². The van der Waals surface area contributed by atoms with Gasteiger partial charge in [0.1, 0.15) is 5.75 Å². The van der Waals surface area contributed by atoms with Gasteiger partial charge >= 0.3 is 0 Å². The first kappa shape index (κ1) is 16.1. The first-order valence-corrected chi connectivity index (χ1v) is 10.8. The minimum absolute atomic E-state index is 0.123. The molecule has 0 amide bonds. The molecule has 24 heavy (non-hydrogen) atoms. The summed E-state index contributed by atoms with van der Waals surface area (Å²) in [5.74, 6) is 1.19. The summed E-state index contributed by atoms with van der Waals surface area (Å²) in [6.07, 6.45) is 5.32. The molecule has 1 aromatic carbocycles. The number of fused-ring (bicyclic) bond motifs is 1. The van der Waals surface area contributed by atoms with E-state index in [0.717, 1.165) is 35.5 Å². The highest BCUT2D eigenvalue weighted by atomic mass is 32.2. The van der Waals surface area contributed by atoms with Gasteiger partial charge in [-0.05, 0) is 54.0 Å². The molecular formula is C18H21NO3S2. The lowest BCUT2D eigenvalue weighted by Crippen LogP contribution is -2.32. The van der Waals surface area contributed by atoms with Gasteiger partial charge in [-0.25, -0.2) is 13.1 Å². The fourth-order valence-electron chi connectivity index (χ4n) is 3.71. The van der Waals surface area contributed by atoms with Gasteiger partial charge in [0.15, 0.2) is 0 Å². The molecule has 0 unspecified atom stereocenters. The third kappa shape index (κ3) is 3.10. The van der Waals surface area contributed by atoms with Crippen LogP contribution in [0.1, 0.15) is 42.2 Å². The van der Waals surface area contributed by atoms with Gasteiger partial charge in [-0.2, -0.15) is 0 Å². The molecule has 4 nitrogen and oxygen atoms in total. The van der Waals surface area contributed by atoms with Gasteiger partial charge in [-0.15, -0.1) is 11.3 Å². The molecule has 0 radical (unpaired) electrons. The molecule has 128 valence electrons. The molecule has 1 aliphatic carbocycles. The van der Waals surface area contributed by atoms with E-state index in [1.807, 2.05) is 17.5 Å². The Morgan fingerprint density at radius 3 is 2.79 bits per heavy atom. The SMILES string of the molecule is O=S(=O)(N[C@H](c1cccs1)C1CCCC1)c1ccc2c(c1)CCO2. The summed E-state index contributed by atoms with van der Waals surface area (Å²) in [5.41, 5.74) is 0.978. The standard InChI is InChI=1S/C18H21NO3S2/c20-24(21,15-7-8-16-14(12-15)9-10-22-16)19-18(13-4-1-2-5-13)17-6-3-11-23-17/h3,6-8,11-13,18-19H,1-2,4-5,9-10H2/t18-/m0/s1. The average molecular weight is 364 g/mol. The first-order valence-electron chi connectivity index (χ1n) is 8.45. The minimum atomic E-state index is -3.54. The molecule has 2 heterocycles. The highest BCUT2D eigenvalue weighted by Gasteiger charge is 2.31. The second kappa shape index (κ2) is 6.50. The number of ether oxygens (including phenoxy) is 1. The number of thiophene rings is 1. The smallest absolute Gasteiger partial charge is 0.241 e. The van der Waals surface area contributed by atoms with Crippen LogP contribution in [0.3, 0.4) is 0 Å². The average Bonchev–Trinajstić information content (AvgIpc) is 3.34. The molecule has 0 saturated heterocycles. The molecular weight excluding hydrogens is 342 g/mol. The molecule has 0 spiro atoms. The first-order chi connectivity index (χ1) is 11.6. The van der Waals surface area contributed by atoms with Gasteiger partial charge in [-0.3, -0.25) is 0 Å². The van der Waals surface area contributed by atoms with Gasteiger partial charge in [0.2, 0.25) is 10.0 Å². The zero-order valence-electron chi connectivity index (χ0n) is 13.4. The Balaban J connectivity index is 1.63. The largest absolute Gasteiger partial charge is 0.493 e. The Kier molecular flexibility index (Phi) is 4.37. The number of hydrogen-bond donors (Lipinski definition) is 1. The molecule has 1 aliphatic heterocycles. The second-order valence-electron chi connectivity index (χ2n) is 6.53. The lowest BCUT2D eigenvalue weighted by atomic mass is 9.98. The van der Waals surface area contributed by atoms with Crippen LogP contribution in [-0.2, 0) is 16.4 Å². The maximum absolute atomic E-state index is 12.9. The summed E-state index contributed by atoms with van der Waals surface area (Å²) in [5, 5.41) is 2.01. The molecule has 0 bridgehead atoms. The van der Waals surface area contributed by atoms with Crippen molar-refractivity contribution >= 4 is 21.4 Å².